The number of carbonyl (C=O) groups excluding carboxylic acids is 2. The Balaban J connectivity index is 1.82. The van der Waals surface area contributed by atoms with Gasteiger partial charge in [0.2, 0.25) is 0 Å². The molecule has 0 unspecified atom stereocenters. The number of nitrogens with zero attached hydrogens (tertiary/aromatic N) is 4. The maximum atomic E-state index is 13.6. The molecule has 36 heavy (non-hydrogen) atoms. The Morgan fingerprint density at radius 2 is 1.86 bits per heavy atom. The Hall–Kier alpha value is -4.68. The first-order valence-corrected chi connectivity index (χ1v) is 11.2. The van der Waals surface area contributed by atoms with Crippen LogP contribution in [0.5, 0.6) is 5.75 Å². The Bertz CT molecular complexity index is 1510. The van der Waals surface area contributed by atoms with Crippen molar-refractivity contribution in [1.82, 2.24) is 20.1 Å². The van der Waals surface area contributed by atoms with Gasteiger partial charge in [0.25, 0.3) is 11.8 Å². The van der Waals surface area contributed by atoms with E-state index in [0.29, 0.717) is 27.6 Å². The highest BCUT2D eigenvalue weighted by atomic mass is 35.5. The number of halogens is 1. The molecule has 180 valence electrons. The predicted molar refractivity (Wildman–Crippen MR) is 136 cm³/mol. The summed E-state index contributed by atoms with van der Waals surface area (Å²) in [5.41, 5.74) is 2.70. The summed E-state index contributed by atoms with van der Waals surface area (Å²) in [6.45, 7) is 1.71. The topological polar surface area (TPSA) is 122 Å². The number of methoxy groups -OCH3 is 1. The summed E-state index contributed by atoms with van der Waals surface area (Å²) in [4.78, 5) is 30.4. The van der Waals surface area contributed by atoms with Gasteiger partial charge in [0, 0.05) is 18.8 Å². The zero-order valence-electron chi connectivity index (χ0n) is 19.7. The minimum absolute atomic E-state index is 0.146. The zero-order valence-corrected chi connectivity index (χ0v) is 20.4. The highest BCUT2D eigenvalue weighted by Crippen LogP contribution is 2.28. The largest absolute Gasteiger partial charge is 0.497 e. The van der Waals surface area contributed by atoms with Gasteiger partial charge in [-0.1, -0.05) is 11.6 Å². The normalized spacial score (nSPS) is 10.4. The first-order valence-electron chi connectivity index (χ1n) is 10.8. The van der Waals surface area contributed by atoms with E-state index >= 15 is 0 Å². The van der Waals surface area contributed by atoms with E-state index in [2.05, 4.69) is 20.7 Å². The summed E-state index contributed by atoms with van der Waals surface area (Å²) in [5, 5.41) is 19.6. The lowest BCUT2D eigenvalue weighted by molar-refractivity contribution is 0.0964. The van der Waals surface area contributed by atoms with Crippen LogP contribution in [-0.2, 0) is 0 Å². The van der Waals surface area contributed by atoms with Crippen LogP contribution in [0, 0.1) is 18.3 Å². The molecule has 0 spiro atoms. The number of pyridine rings is 1. The molecule has 4 rings (SSSR count). The number of anilines is 1. The van der Waals surface area contributed by atoms with Crippen molar-refractivity contribution < 1.29 is 14.3 Å². The molecule has 0 atom stereocenters. The summed E-state index contributed by atoms with van der Waals surface area (Å²) in [6, 6.07) is 17.2. The summed E-state index contributed by atoms with van der Waals surface area (Å²) >= 11 is 6.38. The lowest BCUT2D eigenvalue weighted by Gasteiger charge is -2.14. The number of amides is 2. The summed E-state index contributed by atoms with van der Waals surface area (Å²) in [6.07, 6.45) is 1.55. The van der Waals surface area contributed by atoms with Crippen molar-refractivity contribution in [3.63, 3.8) is 0 Å². The van der Waals surface area contributed by atoms with Gasteiger partial charge in [-0.3, -0.25) is 9.59 Å². The lowest BCUT2D eigenvalue weighted by Crippen LogP contribution is -2.24. The van der Waals surface area contributed by atoms with Gasteiger partial charge in [-0.05, 0) is 67.1 Å². The molecule has 0 fully saturated rings. The van der Waals surface area contributed by atoms with Crippen molar-refractivity contribution >= 4 is 29.1 Å². The van der Waals surface area contributed by atoms with Gasteiger partial charge in [0.15, 0.2) is 5.82 Å². The van der Waals surface area contributed by atoms with Gasteiger partial charge in [-0.15, -0.1) is 0 Å². The fraction of sp³-hybridized carbons (Fsp3) is 0.115. The van der Waals surface area contributed by atoms with Crippen LogP contribution < -0.4 is 15.4 Å². The molecule has 0 saturated heterocycles. The van der Waals surface area contributed by atoms with Crippen LogP contribution >= 0.6 is 11.6 Å². The van der Waals surface area contributed by atoms with E-state index < -0.39 is 11.8 Å². The first kappa shape index (κ1) is 24.4. The molecule has 9 nitrogen and oxygen atoms in total. The second kappa shape index (κ2) is 10.3. The van der Waals surface area contributed by atoms with Crippen LogP contribution in [0.1, 0.15) is 32.0 Å². The Morgan fingerprint density at radius 1 is 1.11 bits per heavy atom. The summed E-state index contributed by atoms with van der Waals surface area (Å²) in [5.74, 6) is -0.0262. The maximum absolute atomic E-state index is 13.6. The van der Waals surface area contributed by atoms with E-state index in [1.165, 1.54) is 17.8 Å². The fourth-order valence-corrected chi connectivity index (χ4v) is 3.85. The van der Waals surface area contributed by atoms with E-state index in [4.69, 9.17) is 16.3 Å². The van der Waals surface area contributed by atoms with Crippen molar-refractivity contribution in [3.05, 3.63) is 88.2 Å². The molecule has 2 N–H and O–H groups in total. The van der Waals surface area contributed by atoms with Gasteiger partial charge in [0.1, 0.15) is 11.4 Å². The number of hydrogen-bond donors (Lipinski definition) is 2. The van der Waals surface area contributed by atoms with E-state index in [-0.39, 0.29) is 22.8 Å². The number of aryl methyl sites for hydroxylation is 1. The molecule has 0 saturated carbocycles. The van der Waals surface area contributed by atoms with Gasteiger partial charge >= 0.3 is 0 Å². The number of aromatic nitrogens is 3. The van der Waals surface area contributed by atoms with Gasteiger partial charge in [0.05, 0.1) is 40.7 Å². The molecule has 10 heteroatoms. The zero-order chi connectivity index (χ0) is 25.8. The summed E-state index contributed by atoms with van der Waals surface area (Å²) in [7, 11) is 3.05. The highest BCUT2D eigenvalue weighted by molar-refractivity contribution is 6.32. The average molecular weight is 501 g/mol. The SMILES string of the molecule is CNC(=O)c1cc(C#N)cc(C)c1NC(=O)c1cc(-c2ccc(OC)cc2)nn1-c1ncccc1Cl. The van der Waals surface area contributed by atoms with Crippen LogP contribution in [0.2, 0.25) is 5.02 Å². The number of ether oxygens (including phenoxy) is 1. The minimum atomic E-state index is -0.540. The van der Waals surface area contributed by atoms with Crippen molar-refractivity contribution in [3.8, 4) is 28.9 Å². The molecule has 0 aliphatic rings. The fourth-order valence-electron chi connectivity index (χ4n) is 3.65. The number of nitriles is 1. The molecule has 4 aromatic rings. The quantitative estimate of drug-likeness (QED) is 0.405. The second-order valence-electron chi connectivity index (χ2n) is 7.72. The monoisotopic (exact) mass is 500 g/mol. The minimum Gasteiger partial charge on any atom is -0.497 e. The van der Waals surface area contributed by atoms with E-state index in [1.54, 1.807) is 56.6 Å². The van der Waals surface area contributed by atoms with Crippen LogP contribution in [-0.4, -0.2) is 40.7 Å². The van der Waals surface area contributed by atoms with E-state index in [1.807, 2.05) is 18.2 Å². The van der Waals surface area contributed by atoms with Crippen molar-refractivity contribution in [2.75, 3.05) is 19.5 Å². The van der Waals surface area contributed by atoms with E-state index in [0.717, 1.165) is 5.56 Å². The number of hydrogen-bond acceptors (Lipinski definition) is 6. The van der Waals surface area contributed by atoms with Crippen molar-refractivity contribution in [2.45, 2.75) is 6.92 Å². The van der Waals surface area contributed by atoms with Crippen molar-refractivity contribution in [1.29, 1.82) is 5.26 Å². The van der Waals surface area contributed by atoms with Crippen LogP contribution in [0.15, 0.2) is 60.8 Å². The van der Waals surface area contributed by atoms with Crippen LogP contribution in [0.4, 0.5) is 5.69 Å². The van der Waals surface area contributed by atoms with Crippen LogP contribution in [0.25, 0.3) is 17.1 Å². The molecular weight excluding hydrogens is 480 g/mol. The molecule has 0 aliphatic carbocycles. The highest BCUT2D eigenvalue weighted by Gasteiger charge is 2.23. The molecule has 0 aliphatic heterocycles. The average Bonchev–Trinajstić information content (AvgIpc) is 3.34. The molecule has 2 heterocycles. The Morgan fingerprint density at radius 3 is 2.50 bits per heavy atom. The molecule has 0 bridgehead atoms. The standard InChI is InChI=1S/C26H21ClN6O3/c1-15-11-16(14-28)12-19(25(34)29-2)23(15)31-26(35)22-13-21(17-6-8-18(36-3)9-7-17)32-33(22)24-20(27)5-4-10-30-24/h4-13H,1-3H3,(H,29,34)(H,31,35). The Labute approximate surface area is 212 Å². The van der Waals surface area contributed by atoms with Crippen LogP contribution in [0.3, 0.4) is 0 Å². The van der Waals surface area contributed by atoms with E-state index in [9.17, 15) is 14.9 Å². The third-order valence-corrected chi connectivity index (χ3v) is 5.74. The number of rotatable bonds is 6. The predicted octanol–water partition coefficient (Wildman–Crippen LogP) is 4.39. The first-order chi connectivity index (χ1) is 17.4. The van der Waals surface area contributed by atoms with Gasteiger partial charge in [-0.25, -0.2) is 9.67 Å². The lowest BCUT2D eigenvalue weighted by atomic mass is 10.0. The smallest absolute Gasteiger partial charge is 0.274 e. The number of carbonyl (C=O) groups is 2. The number of benzene rings is 2. The molecule has 2 amide bonds. The number of nitrogens with one attached hydrogen (secondary N) is 2. The molecular formula is C26H21ClN6O3. The van der Waals surface area contributed by atoms with Crippen molar-refractivity contribution in [2.24, 2.45) is 0 Å². The molecule has 2 aromatic heterocycles. The van der Waals surface area contributed by atoms with Gasteiger partial charge < -0.3 is 15.4 Å². The summed E-state index contributed by atoms with van der Waals surface area (Å²) < 4.78 is 6.58. The third kappa shape index (κ3) is 4.76. The molecule has 2 aromatic carbocycles. The second-order valence-corrected chi connectivity index (χ2v) is 8.13. The Kier molecular flexibility index (Phi) is 6.99. The third-order valence-electron chi connectivity index (χ3n) is 5.44. The van der Waals surface area contributed by atoms with Gasteiger partial charge in [-0.2, -0.15) is 10.4 Å². The maximum Gasteiger partial charge on any atom is 0.274 e. The molecule has 0 radical (unpaired) electrons.